The third-order valence-corrected chi connectivity index (χ3v) is 11.1. The monoisotopic (exact) mass is 706 g/mol. The van der Waals surface area contributed by atoms with Gasteiger partial charge in [0.1, 0.15) is 34.2 Å². The summed E-state index contributed by atoms with van der Waals surface area (Å²) in [5, 5.41) is 14.2. The summed E-state index contributed by atoms with van der Waals surface area (Å²) in [4.78, 5) is 36.8. The molecule has 2 N–H and O–H groups in total. The molecule has 0 saturated heterocycles. The lowest BCUT2D eigenvalue weighted by atomic mass is 9.61. The highest BCUT2D eigenvalue weighted by atomic mass is 35.5. The van der Waals surface area contributed by atoms with E-state index in [1.165, 1.54) is 0 Å². The average Bonchev–Trinajstić information content (AvgIpc) is 3.86. The molecular formula is C41H35ClN8O2. The second kappa shape index (κ2) is 13.0. The number of fused-ring (bicyclic) bond motifs is 4. The molecule has 3 saturated carbocycles. The van der Waals surface area contributed by atoms with E-state index in [1.807, 2.05) is 77.6 Å². The van der Waals surface area contributed by atoms with Crippen LogP contribution in [-0.4, -0.2) is 51.2 Å². The fourth-order valence-electron chi connectivity index (χ4n) is 8.68. The Bertz CT molecular complexity index is 2260. The van der Waals surface area contributed by atoms with Gasteiger partial charge >= 0.3 is 5.97 Å². The molecule has 2 bridgehead atoms. The van der Waals surface area contributed by atoms with Crippen LogP contribution < -0.4 is 5.32 Å². The molecule has 3 aliphatic rings. The maximum Gasteiger partial charge on any atom is 0.308 e. The van der Waals surface area contributed by atoms with Gasteiger partial charge < -0.3 is 15.0 Å². The van der Waals surface area contributed by atoms with Gasteiger partial charge in [-0.1, -0.05) is 103 Å². The lowest BCUT2D eigenvalue weighted by Gasteiger charge is -2.47. The first kappa shape index (κ1) is 32.1. The second-order valence-corrected chi connectivity index (χ2v) is 14.1. The molecule has 4 aromatic heterocycles. The highest BCUT2D eigenvalue weighted by Crippen LogP contribution is 2.47. The van der Waals surface area contributed by atoms with Gasteiger partial charge in [0.05, 0.1) is 17.7 Å². The summed E-state index contributed by atoms with van der Waals surface area (Å²) in [5.41, 5.74) is 3.94. The summed E-state index contributed by atoms with van der Waals surface area (Å²) in [7, 11) is 0. The molecule has 0 amide bonds. The quantitative estimate of drug-likeness (QED) is 0.145. The van der Waals surface area contributed by atoms with E-state index >= 15 is 0 Å². The van der Waals surface area contributed by atoms with E-state index in [0.29, 0.717) is 34.2 Å². The van der Waals surface area contributed by atoms with Crippen molar-refractivity contribution in [2.24, 2.45) is 17.8 Å². The number of nitrogens with zero attached hydrogens (tertiary/aromatic N) is 7. The SMILES string of the molecule is O=C(O)C1C2CCC(CC2)C1Nc1cc(-n2ccnc2)nc(-c2cn(C(c3ccccc3)(c3ccccc3)c3ccccc3)c3ncc(Cl)nc23)n1. The van der Waals surface area contributed by atoms with Gasteiger partial charge in [-0.2, -0.15) is 0 Å². The van der Waals surface area contributed by atoms with Gasteiger partial charge in [0.15, 0.2) is 11.5 Å². The summed E-state index contributed by atoms with van der Waals surface area (Å²) in [6, 6.07) is 32.7. The van der Waals surface area contributed by atoms with Gasteiger partial charge in [-0.3, -0.25) is 9.36 Å². The van der Waals surface area contributed by atoms with Crippen LogP contribution in [0.5, 0.6) is 0 Å². The first-order valence-corrected chi connectivity index (χ1v) is 18.0. The van der Waals surface area contributed by atoms with Crippen molar-refractivity contribution in [2.75, 3.05) is 5.32 Å². The minimum atomic E-state index is -0.887. The number of carboxylic acid groups (broad SMARTS) is 1. The van der Waals surface area contributed by atoms with Gasteiger partial charge in [-0.15, -0.1) is 0 Å². The van der Waals surface area contributed by atoms with Crippen LogP contribution in [0.3, 0.4) is 0 Å². The molecule has 7 aromatic rings. The number of aromatic nitrogens is 7. The number of hydrogen-bond donors (Lipinski definition) is 2. The summed E-state index contributed by atoms with van der Waals surface area (Å²) in [6.45, 7) is 0. The fourth-order valence-corrected chi connectivity index (χ4v) is 8.82. The summed E-state index contributed by atoms with van der Waals surface area (Å²) >= 11 is 6.60. The minimum Gasteiger partial charge on any atom is -0.481 e. The minimum absolute atomic E-state index is 0.145. The highest BCUT2D eigenvalue weighted by Gasteiger charge is 2.47. The van der Waals surface area contributed by atoms with Crippen LogP contribution >= 0.6 is 11.6 Å². The van der Waals surface area contributed by atoms with E-state index in [0.717, 1.165) is 42.4 Å². The fraction of sp³-hybridized carbons (Fsp3) is 0.220. The highest BCUT2D eigenvalue weighted by molar-refractivity contribution is 6.29. The smallest absolute Gasteiger partial charge is 0.308 e. The summed E-state index contributed by atoms with van der Waals surface area (Å²) < 4.78 is 3.97. The Hall–Kier alpha value is -5.87. The van der Waals surface area contributed by atoms with Crippen molar-refractivity contribution in [3.63, 3.8) is 0 Å². The molecule has 11 heteroatoms. The van der Waals surface area contributed by atoms with Crippen molar-refractivity contribution in [2.45, 2.75) is 37.3 Å². The number of carboxylic acids is 1. The molecule has 4 heterocycles. The Balaban J connectivity index is 1.30. The molecule has 52 heavy (non-hydrogen) atoms. The van der Waals surface area contributed by atoms with Gasteiger partial charge in [0.2, 0.25) is 0 Å². The number of anilines is 1. The van der Waals surface area contributed by atoms with E-state index in [-0.39, 0.29) is 23.0 Å². The molecule has 10 nitrogen and oxygen atoms in total. The number of halogens is 1. The Morgan fingerprint density at radius 1 is 0.827 bits per heavy atom. The third kappa shape index (κ3) is 5.33. The topological polar surface area (TPSA) is 124 Å². The van der Waals surface area contributed by atoms with Crippen molar-refractivity contribution >= 4 is 34.6 Å². The molecule has 0 radical (unpaired) electrons. The van der Waals surface area contributed by atoms with Crippen LogP contribution in [0.2, 0.25) is 5.15 Å². The molecule has 3 aromatic carbocycles. The predicted molar refractivity (Wildman–Crippen MR) is 199 cm³/mol. The second-order valence-electron chi connectivity index (χ2n) is 13.7. The molecule has 3 aliphatic carbocycles. The first-order chi connectivity index (χ1) is 25.5. The Kier molecular flexibility index (Phi) is 8.03. The molecule has 0 spiro atoms. The largest absolute Gasteiger partial charge is 0.481 e. The van der Waals surface area contributed by atoms with Crippen molar-refractivity contribution in [1.82, 2.24) is 34.1 Å². The lowest BCUT2D eigenvalue weighted by Crippen LogP contribution is -2.51. The van der Waals surface area contributed by atoms with E-state index < -0.39 is 17.4 Å². The van der Waals surface area contributed by atoms with E-state index in [4.69, 9.17) is 31.5 Å². The molecule has 258 valence electrons. The van der Waals surface area contributed by atoms with E-state index in [1.54, 1.807) is 18.7 Å². The number of rotatable bonds is 9. The van der Waals surface area contributed by atoms with E-state index in [9.17, 15) is 9.90 Å². The standard InChI is InChI=1S/C41H35ClN8O2/c42-32-23-44-39-37(45-32)31(24-50(39)41(28-10-4-1-5-11-28,29-12-6-2-7-13-29)30-14-8-3-9-15-30)38-47-33(22-34(48-38)49-21-20-43-25-49)46-36-27-18-16-26(17-19-27)35(36)40(51)52/h1-15,20-27,35-36H,16-19H2,(H,51,52)(H,46,47,48). The normalized spacial score (nSPS) is 19.9. The molecule has 3 fully saturated rings. The number of imidazole rings is 1. The van der Waals surface area contributed by atoms with Crippen LogP contribution in [-0.2, 0) is 10.3 Å². The Labute approximate surface area is 305 Å². The van der Waals surface area contributed by atoms with Crippen molar-refractivity contribution in [3.05, 3.63) is 150 Å². The van der Waals surface area contributed by atoms with Gasteiger partial charge in [-0.05, 0) is 54.2 Å². The van der Waals surface area contributed by atoms with Crippen LogP contribution in [0.15, 0.2) is 128 Å². The lowest BCUT2D eigenvalue weighted by molar-refractivity contribution is -0.148. The number of carbonyl (C=O) groups is 1. The van der Waals surface area contributed by atoms with Crippen molar-refractivity contribution in [1.29, 1.82) is 0 Å². The van der Waals surface area contributed by atoms with Gasteiger partial charge in [0.25, 0.3) is 0 Å². The zero-order chi connectivity index (χ0) is 35.2. The number of nitrogens with one attached hydrogen (secondary N) is 1. The summed E-state index contributed by atoms with van der Waals surface area (Å²) in [5.74, 6) is 0.649. The predicted octanol–water partition coefficient (Wildman–Crippen LogP) is 7.87. The Morgan fingerprint density at radius 2 is 1.44 bits per heavy atom. The van der Waals surface area contributed by atoms with Crippen LogP contribution in [0, 0.1) is 17.8 Å². The van der Waals surface area contributed by atoms with Crippen molar-refractivity contribution < 1.29 is 9.90 Å². The Morgan fingerprint density at radius 3 is 2.02 bits per heavy atom. The molecular weight excluding hydrogens is 672 g/mol. The number of aliphatic carboxylic acids is 1. The number of benzene rings is 3. The van der Waals surface area contributed by atoms with E-state index in [2.05, 4.69) is 51.3 Å². The maximum atomic E-state index is 12.6. The van der Waals surface area contributed by atoms with Crippen molar-refractivity contribution in [3.8, 4) is 17.2 Å². The van der Waals surface area contributed by atoms with Crippen LogP contribution in [0.1, 0.15) is 42.4 Å². The molecule has 2 atom stereocenters. The molecule has 2 unspecified atom stereocenters. The zero-order valence-electron chi connectivity index (χ0n) is 28.1. The maximum absolute atomic E-state index is 12.6. The average molecular weight is 707 g/mol. The van der Waals surface area contributed by atoms with Crippen LogP contribution in [0.25, 0.3) is 28.4 Å². The first-order valence-electron chi connectivity index (χ1n) is 17.6. The zero-order valence-corrected chi connectivity index (χ0v) is 28.9. The molecule has 10 rings (SSSR count). The molecule has 0 aliphatic heterocycles. The summed E-state index contributed by atoms with van der Waals surface area (Å²) in [6.07, 6.45) is 12.7. The van der Waals surface area contributed by atoms with Crippen LogP contribution in [0.4, 0.5) is 5.82 Å². The third-order valence-electron chi connectivity index (χ3n) is 10.9. The van der Waals surface area contributed by atoms with Gasteiger partial charge in [0, 0.05) is 30.7 Å². The number of hydrogen-bond acceptors (Lipinski definition) is 7. The van der Waals surface area contributed by atoms with Gasteiger partial charge in [-0.25, -0.2) is 24.9 Å².